The quantitative estimate of drug-likeness (QED) is 0.892. The first-order valence-electron chi connectivity index (χ1n) is 6.11. The van der Waals surface area contributed by atoms with Gasteiger partial charge >= 0.3 is 0 Å². The first-order chi connectivity index (χ1) is 8.23. The summed E-state index contributed by atoms with van der Waals surface area (Å²) in [6.45, 7) is 9.50. The molecule has 0 unspecified atom stereocenters. The molecule has 0 aliphatic heterocycles. The number of ketones is 1. The molecular weight excluding hydrogens is 226 g/mol. The zero-order chi connectivity index (χ0) is 13.9. The van der Waals surface area contributed by atoms with Crippen molar-refractivity contribution >= 4 is 11.7 Å². The summed E-state index contributed by atoms with van der Waals surface area (Å²) in [7, 11) is 0. The van der Waals surface area contributed by atoms with Crippen molar-refractivity contribution in [2.45, 2.75) is 34.6 Å². The molecule has 0 radical (unpaired) electrons. The summed E-state index contributed by atoms with van der Waals surface area (Å²) >= 11 is 0. The van der Waals surface area contributed by atoms with Gasteiger partial charge in [0.1, 0.15) is 0 Å². The minimum absolute atomic E-state index is 0.0288. The smallest absolute Gasteiger partial charge is 0.251 e. The molecule has 98 valence electrons. The third-order valence-corrected chi connectivity index (χ3v) is 3.10. The number of carbonyl (C=O) groups is 2. The van der Waals surface area contributed by atoms with E-state index in [9.17, 15) is 9.59 Å². The average Bonchev–Trinajstić information content (AvgIpc) is 2.27. The van der Waals surface area contributed by atoms with Crippen molar-refractivity contribution in [1.29, 1.82) is 0 Å². The molecule has 1 amide bonds. The van der Waals surface area contributed by atoms with Crippen molar-refractivity contribution in [3.63, 3.8) is 0 Å². The molecule has 3 nitrogen and oxygen atoms in total. The third kappa shape index (κ3) is 3.42. The number of hydrogen-bond acceptors (Lipinski definition) is 2. The zero-order valence-corrected chi connectivity index (χ0v) is 11.8. The maximum absolute atomic E-state index is 12.0. The molecule has 1 N–H and O–H groups in total. The van der Waals surface area contributed by atoms with E-state index < -0.39 is 5.41 Å². The number of hydrogen-bond donors (Lipinski definition) is 1. The van der Waals surface area contributed by atoms with Gasteiger partial charge in [-0.1, -0.05) is 32.9 Å². The summed E-state index contributed by atoms with van der Waals surface area (Å²) in [6, 6.07) is 5.59. The van der Waals surface area contributed by atoms with Gasteiger partial charge in [0, 0.05) is 11.0 Å². The Labute approximate surface area is 109 Å². The van der Waals surface area contributed by atoms with Gasteiger partial charge in [0.2, 0.25) is 0 Å². The van der Waals surface area contributed by atoms with Crippen LogP contribution in [-0.4, -0.2) is 18.2 Å². The number of aryl methyl sites for hydroxylation is 1. The van der Waals surface area contributed by atoms with Crippen LogP contribution < -0.4 is 5.32 Å². The Morgan fingerprint density at radius 2 is 1.78 bits per heavy atom. The van der Waals surface area contributed by atoms with E-state index in [4.69, 9.17) is 0 Å². The second kappa shape index (κ2) is 5.34. The van der Waals surface area contributed by atoms with Gasteiger partial charge in [-0.05, 0) is 31.0 Å². The molecule has 0 aliphatic carbocycles. The van der Waals surface area contributed by atoms with Crippen LogP contribution in [0.25, 0.3) is 0 Å². The normalized spacial score (nSPS) is 11.2. The Bertz CT molecular complexity index is 470. The van der Waals surface area contributed by atoms with E-state index in [-0.39, 0.29) is 18.2 Å². The highest BCUT2D eigenvalue weighted by Gasteiger charge is 2.21. The fourth-order valence-corrected chi connectivity index (χ4v) is 1.52. The van der Waals surface area contributed by atoms with Crippen LogP contribution in [0.15, 0.2) is 18.2 Å². The Kier molecular flexibility index (Phi) is 4.28. The fourth-order valence-electron chi connectivity index (χ4n) is 1.52. The zero-order valence-electron chi connectivity index (χ0n) is 11.8. The molecule has 1 aromatic rings. The average molecular weight is 247 g/mol. The third-order valence-electron chi connectivity index (χ3n) is 3.10. The number of amides is 1. The molecule has 0 saturated heterocycles. The molecule has 0 aliphatic rings. The van der Waals surface area contributed by atoms with Crippen LogP contribution in [0.2, 0.25) is 0 Å². The van der Waals surface area contributed by atoms with E-state index in [1.807, 2.05) is 46.8 Å². The van der Waals surface area contributed by atoms with Crippen molar-refractivity contribution in [1.82, 2.24) is 5.32 Å². The number of carbonyl (C=O) groups excluding carboxylic acids is 2. The highest BCUT2D eigenvalue weighted by Crippen LogP contribution is 2.15. The van der Waals surface area contributed by atoms with Crippen molar-refractivity contribution in [3.8, 4) is 0 Å². The first kappa shape index (κ1) is 14.4. The van der Waals surface area contributed by atoms with Gasteiger partial charge in [-0.15, -0.1) is 0 Å². The minimum Gasteiger partial charge on any atom is -0.345 e. The van der Waals surface area contributed by atoms with Crippen LogP contribution in [-0.2, 0) is 4.79 Å². The summed E-state index contributed by atoms with van der Waals surface area (Å²) in [4.78, 5) is 23.7. The molecule has 0 heterocycles. The molecule has 3 heteroatoms. The number of nitrogens with one attached hydrogen (secondary N) is 1. The topological polar surface area (TPSA) is 46.2 Å². The van der Waals surface area contributed by atoms with E-state index in [2.05, 4.69) is 5.32 Å². The highest BCUT2D eigenvalue weighted by atomic mass is 16.2. The highest BCUT2D eigenvalue weighted by molar-refractivity contribution is 5.98. The van der Waals surface area contributed by atoms with Crippen LogP contribution in [0.4, 0.5) is 0 Å². The molecule has 0 spiro atoms. The molecule has 1 rings (SSSR count). The lowest BCUT2D eigenvalue weighted by atomic mass is 9.91. The lowest BCUT2D eigenvalue weighted by Crippen LogP contribution is -2.35. The summed E-state index contributed by atoms with van der Waals surface area (Å²) in [6.07, 6.45) is 0. The molecule has 0 saturated carbocycles. The Balaban J connectivity index is 2.73. The van der Waals surface area contributed by atoms with E-state index in [0.717, 1.165) is 11.1 Å². The summed E-state index contributed by atoms with van der Waals surface area (Å²) in [5.74, 6) is -0.157. The predicted octanol–water partition coefficient (Wildman–Crippen LogP) is 2.65. The predicted molar refractivity (Wildman–Crippen MR) is 72.7 cm³/mol. The number of benzene rings is 1. The maximum atomic E-state index is 12.0. The van der Waals surface area contributed by atoms with Gasteiger partial charge in [-0.25, -0.2) is 0 Å². The standard InChI is InChI=1S/C15H21NO2/c1-10-7-6-8-12(11(10)2)14(18)16-9-13(17)15(3,4)5/h6-8H,9H2,1-5H3,(H,16,18). The van der Waals surface area contributed by atoms with Gasteiger partial charge in [-0.3, -0.25) is 9.59 Å². The van der Waals surface area contributed by atoms with E-state index >= 15 is 0 Å². The number of rotatable bonds is 3. The molecule has 0 bridgehead atoms. The SMILES string of the molecule is Cc1cccc(C(=O)NCC(=O)C(C)(C)C)c1C. The van der Waals surface area contributed by atoms with E-state index in [1.165, 1.54) is 0 Å². The lowest BCUT2D eigenvalue weighted by Gasteiger charge is -2.17. The second-order valence-corrected chi connectivity index (χ2v) is 5.60. The molecule has 0 fully saturated rings. The maximum Gasteiger partial charge on any atom is 0.251 e. The summed E-state index contributed by atoms with van der Waals surface area (Å²) < 4.78 is 0. The largest absolute Gasteiger partial charge is 0.345 e. The van der Waals surface area contributed by atoms with Gasteiger partial charge in [0.15, 0.2) is 5.78 Å². The van der Waals surface area contributed by atoms with Crippen molar-refractivity contribution in [2.24, 2.45) is 5.41 Å². The second-order valence-electron chi connectivity index (χ2n) is 5.60. The number of Topliss-reactive ketones (excluding diaryl/α,β-unsaturated/α-hetero) is 1. The molecular formula is C15H21NO2. The Hall–Kier alpha value is -1.64. The first-order valence-corrected chi connectivity index (χ1v) is 6.11. The van der Waals surface area contributed by atoms with Crippen LogP contribution in [0, 0.1) is 19.3 Å². The van der Waals surface area contributed by atoms with Crippen LogP contribution >= 0.6 is 0 Å². The molecule has 1 aromatic carbocycles. The molecule has 0 aromatic heterocycles. The van der Waals surface area contributed by atoms with Gasteiger partial charge < -0.3 is 5.32 Å². The van der Waals surface area contributed by atoms with Gasteiger partial charge in [0.05, 0.1) is 6.54 Å². The van der Waals surface area contributed by atoms with Crippen molar-refractivity contribution in [3.05, 3.63) is 34.9 Å². The van der Waals surface area contributed by atoms with Crippen LogP contribution in [0.1, 0.15) is 42.3 Å². The molecule has 0 atom stereocenters. The van der Waals surface area contributed by atoms with E-state index in [1.54, 1.807) is 6.07 Å². The van der Waals surface area contributed by atoms with Gasteiger partial charge in [-0.2, -0.15) is 0 Å². The van der Waals surface area contributed by atoms with Crippen molar-refractivity contribution in [2.75, 3.05) is 6.54 Å². The minimum atomic E-state index is -0.422. The summed E-state index contributed by atoms with van der Waals surface area (Å²) in [5.41, 5.74) is 2.24. The van der Waals surface area contributed by atoms with E-state index in [0.29, 0.717) is 5.56 Å². The summed E-state index contributed by atoms with van der Waals surface area (Å²) in [5, 5.41) is 2.68. The van der Waals surface area contributed by atoms with Crippen LogP contribution in [0.5, 0.6) is 0 Å². The Morgan fingerprint density at radius 3 is 2.33 bits per heavy atom. The fraction of sp³-hybridized carbons (Fsp3) is 0.467. The van der Waals surface area contributed by atoms with Crippen LogP contribution in [0.3, 0.4) is 0 Å². The molecule has 18 heavy (non-hydrogen) atoms. The van der Waals surface area contributed by atoms with Crippen molar-refractivity contribution < 1.29 is 9.59 Å². The van der Waals surface area contributed by atoms with Gasteiger partial charge in [0.25, 0.3) is 5.91 Å². The monoisotopic (exact) mass is 247 g/mol. The lowest BCUT2D eigenvalue weighted by molar-refractivity contribution is -0.125. The Morgan fingerprint density at radius 1 is 1.17 bits per heavy atom.